The van der Waals surface area contributed by atoms with Gasteiger partial charge in [-0.1, -0.05) is 39.2 Å². The molecule has 0 saturated heterocycles. The molecule has 110 valence electrons. The Morgan fingerprint density at radius 1 is 0.947 bits per heavy atom. The van der Waals surface area contributed by atoms with E-state index >= 15 is 0 Å². The van der Waals surface area contributed by atoms with Gasteiger partial charge in [-0.25, -0.2) is 0 Å². The fraction of sp³-hybridized carbons (Fsp3) is 0.889. The van der Waals surface area contributed by atoms with Crippen LogP contribution in [0.3, 0.4) is 0 Å². The van der Waals surface area contributed by atoms with Crippen LogP contribution in [-0.4, -0.2) is 6.10 Å². The van der Waals surface area contributed by atoms with E-state index in [4.69, 9.17) is 4.74 Å². The van der Waals surface area contributed by atoms with Crippen molar-refractivity contribution >= 4 is 0 Å². The van der Waals surface area contributed by atoms with E-state index in [0.29, 0.717) is 6.10 Å². The van der Waals surface area contributed by atoms with E-state index in [1.807, 2.05) is 6.26 Å². The highest BCUT2D eigenvalue weighted by Gasteiger charge is 2.31. The fourth-order valence-corrected chi connectivity index (χ4v) is 4.06. The van der Waals surface area contributed by atoms with Crippen molar-refractivity contribution in [3.05, 3.63) is 12.3 Å². The first-order valence-electron chi connectivity index (χ1n) is 8.63. The second kappa shape index (κ2) is 7.97. The molecule has 19 heavy (non-hydrogen) atoms. The predicted octanol–water partition coefficient (Wildman–Crippen LogP) is 5.70. The molecule has 0 radical (unpaired) electrons. The molecule has 2 aliphatic carbocycles. The first-order valence-corrected chi connectivity index (χ1v) is 8.63. The Labute approximate surface area is 119 Å². The average molecular weight is 264 g/mol. The van der Waals surface area contributed by atoms with Crippen LogP contribution in [0.2, 0.25) is 0 Å². The summed E-state index contributed by atoms with van der Waals surface area (Å²) in [7, 11) is 0. The topological polar surface area (TPSA) is 9.23 Å². The van der Waals surface area contributed by atoms with E-state index in [-0.39, 0.29) is 0 Å². The molecule has 0 N–H and O–H groups in total. The van der Waals surface area contributed by atoms with Crippen LogP contribution in [0.4, 0.5) is 0 Å². The zero-order chi connectivity index (χ0) is 13.5. The molecule has 2 atom stereocenters. The normalized spacial score (nSPS) is 36.5. The lowest BCUT2D eigenvalue weighted by Crippen LogP contribution is -2.29. The van der Waals surface area contributed by atoms with Crippen molar-refractivity contribution in [2.24, 2.45) is 17.8 Å². The third-order valence-electron chi connectivity index (χ3n) is 5.41. The maximum Gasteiger partial charge on any atom is 0.0981 e. The highest BCUT2D eigenvalue weighted by Crippen LogP contribution is 2.41. The van der Waals surface area contributed by atoms with Crippen LogP contribution in [0.1, 0.15) is 78.1 Å². The summed E-state index contributed by atoms with van der Waals surface area (Å²) in [6, 6.07) is 0. The van der Waals surface area contributed by atoms with Crippen LogP contribution in [0.15, 0.2) is 12.3 Å². The molecule has 0 heterocycles. The number of allylic oxidation sites excluding steroid dienone is 1. The van der Waals surface area contributed by atoms with Crippen molar-refractivity contribution in [1.82, 2.24) is 0 Å². The summed E-state index contributed by atoms with van der Waals surface area (Å²) in [6.07, 6.45) is 18.4. The van der Waals surface area contributed by atoms with Crippen molar-refractivity contribution in [1.29, 1.82) is 0 Å². The van der Waals surface area contributed by atoms with Gasteiger partial charge in [0.15, 0.2) is 0 Å². The van der Waals surface area contributed by atoms with Crippen molar-refractivity contribution < 1.29 is 4.74 Å². The first-order chi connectivity index (χ1) is 9.33. The summed E-state index contributed by atoms with van der Waals surface area (Å²) in [4.78, 5) is 0. The van der Waals surface area contributed by atoms with E-state index < -0.39 is 0 Å². The van der Waals surface area contributed by atoms with E-state index in [0.717, 1.165) is 24.2 Å². The van der Waals surface area contributed by atoms with Crippen LogP contribution in [-0.2, 0) is 4.74 Å². The molecule has 2 fully saturated rings. The SMILES string of the molecule is CC/C=C/OC1CCCC(C2CCC(CC)CC2)C1. The molecular formula is C18H32O. The smallest absolute Gasteiger partial charge is 0.0981 e. The van der Waals surface area contributed by atoms with Gasteiger partial charge < -0.3 is 4.74 Å². The van der Waals surface area contributed by atoms with Gasteiger partial charge in [0.2, 0.25) is 0 Å². The zero-order valence-electron chi connectivity index (χ0n) is 12.9. The van der Waals surface area contributed by atoms with Gasteiger partial charge in [-0.2, -0.15) is 0 Å². The maximum absolute atomic E-state index is 5.91. The molecular weight excluding hydrogens is 232 g/mol. The van der Waals surface area contributed by atoms with Crippen LogP contribution in [0.25, 0.3) is 0 Å². The van der Waals surface area contributed by atoms with E-state index in [2.05, 4.69) is 19.9 Å². The van der Waals surface area contributed by atoms with E-state index in [9.17, 15) is 0 Å². The Hall–Kier alpha value is -0.460. The van der Waals surface area contributed by atoms with E-state index in [1.165, 1.54) is 57.8 Å². The Balaban J connectivity index is 1.76. The molecule has 1 heteroatoms. The van der Waals surface area contributed by atoms with Crippen molar-refractivity contribution in [3.63, 3.8) is 0 Å². The lowest BCUT2D eigenvalue weighted by atomic mass is 9.70. The molecule has 1 nitrogen and oxygen atoms in total. The molecule has 2 aliphatic rings. The van der Waals surface area contributed by atoms with Gasteiger partial charge in [-0.05, 0) is 62.7 Å². The molecule has 0 aromatic carbocycles. The van der Waals surface area contributed by atoms with Gasteiger partial charge in [0.1, 0.15) is 0 Å². The third kappa shape index (κ3) is 4.54. The molecule has 0 amide bonds. The molecule has 0 aliphatic heterocycles. The highest BCUT2D eigenvalue weighted by atomic mass is 16.5. The van der Waals surface area contributed by atoms with Gasteiger partial charge in [0.25, 0.3) is 0 Å². The molecule has 0 aromatic rings. The molecule has 0 aromatic heterocycles. The molecule has 2 rings (SSSR count). The largest absolute Gasteiger partial charge is 0.498 e. The van der Waals surface area contributed by atoms with Crippen molar-refractivity contribution in [2.75, 3.05) is 0 Å². The van der Waals surface area contributed by atoms with E-state index in [1.54, 1.807) is 0 Å². The Morgan fingerprint density at radius 2 is 1.74 bits per heavy atom. The predicted molar refractivity (Wildman–Crippen MR) is 82.0 cm³/mol. The monoisotopic (exact) mass is 264 g/mol. The highest BCUT2D eigenvalue weighted by molar-refractivity contribution is 4.84. The summed E-state index contributed by atoms with van der Waals surface area (Å²) in [5.74, 6) is 2.98. The second-order valence-corrected chi connectivity index (χ2v) is 6.65. The summed E-state index contributed by atoms with van der Waals surface area (Å²) < 4.78 is 5.91. The lowest BCUT2D eigenvalue weighted by molar-refractivity contribution is 0.0513. The third-order valence-corrected chi connectivity index (χ3v) is 5.41. The summed E-state index contributed by atoms with van der Waals surface area (Å²) >= 11 is 0. The minimum Gasteiger partial charge on any atom is -0.498 e. The lowest BCUT2D eigenvalue weighted by Gasteiger charge is -2.38. The minimum absolute atomic E-state index is 0.505. The van der Waals surface area contributed by atoms with Gasteiger partial charge >= 0.3 is 0 Å². The van der Waals surface area contributed by atoms with Gasteiger partial charge in [0, 0.05) is 0 Å². The quantitative estimate of drug-likeness (QED) is 0.579. The molecule has 2 saturated carbocycles. The Kier molecular flexibility index (Phi) is 6.26. The van der Waals surface area contributed by atoms with Gasteiger partial charge in [0.05, 0.1) is 12.4 Å². The standard InChI is InChI=1S/C18H32O/c1-3-5-13-19-18-8-6-7-17(14-18)16-11-9-15(4-2)10-12-16/h5,13,15-18H,3-4,6-12,14H2,1-2H3/b13-5+. The fourth-order valence-electron chi connectivity index (χ4n) is 4.06. The minimum atomic E-state index is 0.505. The number of hydrogen-bond acceptors (Lipinski definition) is 1. The summed E-state index contributed by atoms with van der Waals surface area (Å²) in [5, 5.41) is 0. The van der Waals surface area contributed by atoms with Gasteiger partial charge in [-0.3, -0.25) is 0 Å². The Bertz CT molecular complexity index is 263. The first kappa shape index (κ1) is 14.9. The summed E-state index contributed by atoms with van der Waals surface area (Å²) in [5.41, 5.74) is 0. The molecule has 0 bridgehead atoms. The molecule has 2 unspecified atom stereocenters. The van der Waals surface area contributed by atoms with Gasteiger partial charge in [-0.15, -0.1) is 0 Å². The maximum atomic E-state index is 5.91. The second-order valence-electron chi connectivity index (χ2n) is 6.65. The van der Waals surface area contributed by atoms with Crippen molar-refractivity contribution in [2.45, 2.75) is 84.2 Å². The molecule has 0 spiro atoms. The van der Waals surface area contributed by atoms with Crippen LogP contribution in [0.5, 0.6) is 0 Å². The number of hydrogen-bond donors (Lipinski definition) is 0. The van der Waals surface area contributed by atoms with Crippen LogP contribution < -0.4 is 0 Å². The van der Waals surface area contributed by atoms with Crippen molar-refractivity contribution in [3.8, 4) is 0 Å². The van der Waals surface area contributed by atoms with Crippen LogP contribution >= 0.6 is 0 Å². The average Bonchev–Trinajstić information content (AvgIpc) is 2.48. The zero-order valence-corrected chi connectivity index (χ0v) is 12.9. The van der Waals surface area contributed by atoms with Crippen LogP contribution in [0, 0.1) is 17.8 Å². The summed E-state index contributed by atoms with van der Waals surface area (Å²) in [6.45, 7) is 4.52. The number of ether oxygens (including phenoxy) is 1. The number of rotatable bonds is 5. The Morgan fingerprint density at radius 3 is 2.42 bits per heavy atom.